The van der Waals surface area contributed by atoms with Crippen molar-refractivity contribution in [3.05, 3.63) is 48.3 Å². The summed E-state index contributed by atoms with van der Waals surface area (Å²) in [5.41, 5.74) is 1.05. The molecule has 1 heterocycles. The molecule has 0 saturated carbocycles. The minimum atomic E-state index is -0.511. The van der Waals surface area contributed by atoms with Crippen LogP contribution in [0.1, 0.15) is 6.42 Å². The minimum Gasteiger partial charge on any atom is -0.497 e. The third kappa shape index (κ3) is 3.61. The summed E-state index contributed by atoms with van der Waals surface area (Å²) in [5.74, 6) is -0.226. The highest BCUT2D eigenvalue weighted by Crippen LogP contribution is 2.36. The highest BCUT2D eigenvalue weighted by Gasteiger charge is 2.36. The summed E-state index contributed by atoms with van der Waals surface area (Å²) in [7, 11) is 3.06. The molecule has 2 amide bonds. The van der Waals surface area contributed by atoms with Gasteiger partial charge in [0.2, 0.25) is 11.8 Å². The monoisotopic (exact) mass is 358 g/mol. The average Bonchev–Trinajstić information content (AvgIpc) is 3.04. The van der Waals surface area contributed by atoms with Gasteiger partial charge < -0.3 is 19.7 Å². The summed E-state index contributed by atoms with van der Waals surface area (Å²) >= 11 is 0. The topological polar surface area (TPSA) is 67.9 Å². The molecule has 1 aliphatic rings. The number of carbonyl (C=O) groups excluding carboxylic acids is 2. The maximum absolute atomic E-state index is 13.0. The number of rotatable bonds is 5. The molecule has 2 aromatic carbocycles. The first-order valence-electron chi connectivity index (χ1n) is 8.10. The van der Waals surface area contributed by atoms with Crippen molar-refractivity contribution in [1.82, 2.24) is 0 Å². The molecular weight excluding hydrogens is 339 g/mol. The van der Waals surface area contributed by atoms with Crippen LogP contribution in [0.4, 0.5) is 15.8 Å². The number of benzene rings is 2. The quantitative estimate of drug-likeness (QED) is 0.892. The zero-order valence-electron chi connectivity index (χ0n) is 14.5. The lowest BCUT2D eigenvalue weighted by molar-refractivity contribution is -0.122. The van der Waals surface area contributed by atoms with E-state index in [4.69, 9.17) is 9.47 Å². The van der Waals surface area contributed by atoms with Crippen molar-refractivity contribution >= 4 is 23.2 Å². The molecule has 1 saturated heterocycles. The van der Waals surface area contributed by atoms with Crippen molar-refractivity contribution in [3.8, 4) is 11.5 Å². The molecule has 7 heteroatoms. The minimum absolute atomic E-state index is 0.0907. The smallest absolute Gasteiger partial charge is 0.229 e. The first kappa shape index (κ1) is 17.7. The Morgan fingerprint density at radius 2 is 1.88 bits per heavy atom. The van der Waals surface area contributed by atoms with E-state index in [1.54, 1.807) is 18.2 Å². The molecule has 26 heavy (non-hydrogen) atoms. The molecule has 1 atom stereocenters. The van der Waals surface area contributed by atoms with E-state index in [0.717, 1.165) is 0 Å². The molecule has 136 valence electrons. The molecule has 0 unspecified atom stereocenters. The second-order valence-corrected chi connectivity index (χ2v) is 5.94. The molecule has 3 rings (SSSR count). The molecule has 0 radical (unpaired) electrons. The fraction of sp³-hybridized carbons (Fsp3) is 0.263. The van der Waals surface area contributed by atoms with Gasteiger partial charge in [0.25, 0.3) is 0 Å². The Kier molecular flexibility index (Phi) is 5.06. The second kappa shape index (κ2) is 7.43. The molecule has 1 aliphatic heterocycles. The van der Waals surface area contributed by atoms with Gasteiger partial charge in [-0.3, -0.25) is 9.59 Å². The van der Waals surface area contributed by atoms with Crippen LogP contribution in [-0.2, 0) is 9.59 Å². The van der Waals surface area contributed by atoms with Crippen LogP contribution in [0.5, 0.6) is 11.5 Å². The molecule has 0 aromatic heterocycles. The third-order valence-electron chi connectivity index (χ3n) is 4.28. The van der Waals surface area contributed by atoms with Gasteiger partial charge in [-0.25, -0.2) is 4.39 Å². The van der Waals surface area contributed by atoms with E-state index in [1.165, 1.54) is 43.4 Å². The Hall–Kier alpha value is -3.09. The molecule has 6 nitrogen and oxygen atoms in total. The first-order valence-corrected chi connectivity index (χ1v) is 8.10. The number of methoxy groups -OCH3 is 2. The van der Waals surface area contributed by atoms with Crippen molar-refractivity contribution in [2.24, 2.45) is 5.92 Å². The summed E-state index contributed by atoms with van der Waals surface area (Å²) in [5, 5.41) is 2.71. The van der Waals surface area contributed by atoms with E-state index < -0.39 is 5.92 Å². The second-order valence-electron chi connectivity index (χ2n) is 5.94. The summed E-state index contributed by atoms with van der Waals surface area (Å²) in [4.78, 5) is 26.4. The lowest BCUT2D eigenvalue weighted by atomic mass is 10.1. The highest BCUT2D eigenvalue weighted by molar-refractivity contribution is 6.04. The van der Waals surface area contributed by atoms with Gasteiger partial charge in [0.1, 0.15) is 17.3 Å². The number of amides is 2. The van der Waals surface area contributed by atoms with Gasteiger partial charge in [-0.15, -0.1) is 0 Å². The Morgan fingerprint density at radius 3 is 2.54 bits per heavy atom. The Labute approximate surface area is 150 Å². The van der Waals surface area contributed by atoms with Crippen LogP contribution < -0.4 is 19.7 Å². The van der Waals surface area contributed by atoms with Crippen molar-refractivity contribution in [2.45, 2.75) is 6.42 Å². The fourth-order valence-corrected chi connectivity index (χ4v) is 2.90. The fourth-order valence-electron chi connectivity index (χ4n) is 2.90. The van der Waals surface area contributed by atoms with Gasteiger partial charge in [0.15, 0.2) is 0 Å². The zero-order chi connectivity index (χ0) is 18.7. The largest absolute Gasteiger partial charge is 0.497 e. The lowest BCUT2D eigenvalue weighted by Crippen LogP contribution is -2.28. The van der Waals surface area contributed by atoms with Crippen LogP contribution >= 0.6 is 0 Å². The van der Waals surface area contributed by atoms with E-state index in [1.807, 2.05) is 0 Å². The van der Waals surface area contributed by atoms with Gasteiger partial charge in [-0.05, 0) is 36.4 Å². The van der Waals surface area contributed by atoms with Crippen LogP contribution in [0.15, 0.2) is 42.5 Å². The zero-order valence-corrected chi connectivity index (χ0v) is 14.5. The van der Waals surface area contributed by atoms with Gasteiger partial charge in [0.05, 0.1) is 25.8 Å². The third-order valence-corrected chi connectivity index (χ3v) is 4.28. The lowest BCUT2D eigenvalue weighted by Gasteiger charge is -2.20. The van der Waals surface area contributed by atoms with Crippen LogP contribution in [0.3, 0.4) is 0 Å². The summed E-state index contributed by atoms with van der Waals surface area (Å²) in [6.45, 7) is 0.232. The Balaban J connectivity index is 1.76. The van der Waals surface area contributed by atoms with Crippen molar-refractivity contribution in [2.75, 3.05) is 31.0 Å². The maximum atomic E-state index is 13.0. The number of ether oxygens (including phenoxy) is 2. The molecule has 1 N–H and O–H groups in total. The SMILES string of the molecule is COc1ccc(OC)c(N2C[C@H](C(=O)Nc3ccc(F)cc3)CC2=O)c1. The molecule has 2 aromatic rings. The van der Waals surface area contributed by atoms with E-state index in [9.17, 15) is 14.0 Å². The van der Waals surface area contributed by atoms with E-state index in [0.29, 0.717) is 22.9 Å². The maximum Gasteiger partial charge on any atom is 0.229 e. The summed E-state index contributed by atoms with van der Waals surface area (Å²) in [6, 6.07) is 10.7. The molecular formula is C19H19FN2O4. The van der Waals surface area contributed by atoms with Crippen molar-refractivity contribution < 1.29 is 23.5 Å². The Morgan fingerprint density at radius 1 is 1.15 bits per heavy atom. The van der Waals surface area contributed by atoms with Gasteiger partial charge >= 0.3 is 0 Å². The standard InChI is InChI=1S/C19H19FN2O4/c1-25-15-7-8-17(26-2)16(10-15)22-11-12(9-18(22)23)19(24)21-14-5-3-13(20)4-6-14/h3-8,10,12H,9,11H2,1-2H3,(H,21,24)/t12-/m1/s1. The van der Waals surface area contributed by atoms with Crippen LogP contribution in [0.2, 0.25) is 0 Å². The van der Waals surface area contributed by atoms with Crippen molar-refractivity contribution in [1.29, 1.82) is 0 Å². The van der Waals surface area contributed by atoms with Crippen LogP contribution in [0, 0.1) is 11.7 Å². The van der Waals surface area contributed by atoms with E-state index in [-0.39, 0.29) is 30.6 Å². The number of hydrogen-bond donors (Lipinski definition) is 1. The number of nitrogens with zero attached hydrogens (tertiary/aromatic N) is 1. The highest BCUT2D eigenvalue weighted by atomic mass is 19.1. The number of carbonyl (C=O) groups is 2. The average molecular weight is 358 g/mol. The van der Waals surface area contributed by atoms with Gasteiger partial charge in [-0.1, -0.05) is 0 Å². The molecule has 1 fully saturated rings. The summed E-state index contributed by atoms with van der Waals surface area (Å²) in [6.07, 6.45) is 0.0907. The van der Waals surface area contributed by atoms with Crippen molar-refractivity contribution in [3.63, 3.8) is 0 Å². The number of hydrogen-bond acceptors (Lipinski definition) is 4. The Bertz CT molecular complexity index is 823. The number of nitrogens with one attached hydrogen (secondary N) is 1. The normalized spacial score (nSPS) is 16.5. The molecule has 0 aliphatic carbocycles. The molecule has 0 spiro atoms. The first-order chi connectivity index (χ1) is 12.5. The predicted molar refractivity (Wildman–Crippen MR) is 95.0 cm³/mol. The van der Waals surface area contributed by atoms with Crippen LogP contribution in [-0.4, -0.2) is 32.6 Å². The van der Waals surface area contributed by atoms with Gasteiger partial charge in [-0.2, -0.15) is 0 Å². The summed E-state index contributed by atoms with van der Waals surface area (Å²) < 4.78 is 23.5. The predicted octanol–water partition coefficient (Wildman–Crippen LogP) is 2.83. The van der Waals surface area contributed by atoms with E-state index >= 15 is 0 Å². The molecule has 0 bridgehead atoms. The van der Waals surface area contributed by atoms with Gasteiger partial charge in [0, 0.05) is 24.7 Å². The van der Waals surface area contributed by atoms with E-state index in [2.05, 4.69) is 5.32 Å². The number of halogens is 1. The van der Waals surface area contributed by atoms with Crippen LogP contribution in [0.25, 0.3) is 0 Å². The number of anilines is 2.